The monoisotopic (exact) mass is 780 g/mol. The number of hydrazine groups is 1. The number of benzene rings is 2. The maximum absolute atomic E-state index is 12.3. The smallest absolute Gasteiger partial charge is 0.270 e. The first kappa shape index (κ1) is 31.2. The molecule has 0 bridgehead atoms. The molecule has 1 amide bonds. The van der Waals surface area contributed by atoms with Crippen molar-refractivity contribution in [2.24, 2.45) is 5.10 Å². The molecule has 5 rings (SSSR count). The summed E-state index contributed by atoms with van der Waals surface area (Å²) in [5.41, 5.74) is 4.22. The molecule has 0 saturated carbocycles. The van der Waals surface area contributed by atoms with Crippen molar-refractivity contribution in [3.05, 3.63) is 85.5 Å². The Balaban J connectivity index is 0.000000189. The zero-order valence-electron chi connectivity index (χ0n) is 22.2. The molecular weight excluding hydrogens is 760 g/mol. The van der Waals surface area contributed by atoms with Crippen molar-refractivity contribution < 1.29 is 9.53 Å². The minimum absolute atomic E-state index is 0.221. The van der Waals surface area contributed by atoms with Crippen molar-refractivity contribution in [3.63, 3.8) is 0 Å². The van der Waals surface area contributed by atoms with Gasteiger partial charge in [-0.25, -0.2) is 20.0 Å². The number of halogens is 3. The zero-order chi connectivity index (χ0) is 29.5. The molecule has 4 aromatic rings. The van der Waals surface area contributed by atoms with Crippen molar-refractivity contribution in [1.29, 1.82) is 0 Å². The van der Waals surface area contributed by atoms with Crippen LogP contribution in [0.5, 0.6) is 5.75 Å². The van der Waals surface area contributed by atoms with E-state index in [0.717, 1.165) is 14.5 Å². The van der Waals surface area contributed by atoms with Gasteiger partial charge in [-0.2, -0.15) is 4.98 Å². The third-order valence-electron chi connectivity index (χ3n) is 5.35. The lowest BCUT2D eigenvalue weighted by atomic mass is 10.2. The van der Waals surface area contributed by atoms with E-state index in [4.69, 9.17) is 4.74 Å². The average molecular weight is 783 g/mol. The molecule has 0 spiro atoms. The van der Waals surface area contributed by atoms with Crippen LogP contribution in [0.2, 0.25) is 0 Å². The number of anilines is 2. The molecule has 15 heteroatoms. The zero-order valence-corrected chi connectivity index (χ0v) is 28.6. The summed E-state index contributed by atoms with van der Waals surface area (Å²) >= 11 is 13.2. The van der Waals surface area contributed by atoms with Crippen molar-refractivity contribution in [3.8, 4) is 5.75 Å². The highest BCUT2D eigenvalue weighted by atomic mass is 79.9. The van der Waals surface area contributed by atoms with E-state index in [1.807, 2.05) is 62.0 Å². The maximum Gasteiger partial charge on any atom is 0.270 e. The molecule has 2 aromatic heterocycles. The Morgan fingerprint density at radius 2 is 1.54 bits per heavy atom. The first-order chi connectivity index (χ1) is 19.7. The van der Waals surface area contributed by atoms with Crippen LogP contribution < -0.4 is 20.2 Å². The van der Waals surface area contributed by atoms with Gasteiger partial charge in [0.1, 0.15) is 0 Å². The van der Waals surface area contributed by atoms with Gasteiger partial charge in [-0.05, 0) is 84.6 Å². The number of thioether (sulfide) groups is 2. The number of hydrogen-bond donors (Lipinski definition) is 1. The summed E-state index contributed by atoms with van der Waals surface area (Å²) in [5.74, 6) is 2.16. The number of amides is 1. The van der Waals surface area contributed by atoms with Crippen molar-refractivity contribution in [2.75, 3.05) is 36.6 Å². The quantitative estimate of drug-likeness (QED) is 0.130. The Bertz CT molecular complexity index is 1590. The van der Waals surface area contributed by atoms with Crippen LogP contribution in [-0.2, 0) is 0 Å². The first-order valence-electron chi connectivity index (χ1n) is 11.7. The number of fused-ring (bicyclic) bond motifs is 1. The van der Waals surface area contributed by atoms with Gasteiger partial charge in [-0.15, -0.1) is 5.10 Å². The number of nitrogens with one attached hydrogen (secondary N) is 1. The topological polar surface area (TPSA) is 109 Å². The predicted octanol–water partition coefficient (Wildman–Crippen LogP) is 6.66. The van der Waals surface area contributed by atoms with Gasteiger partial charge in [-0.1, -0.05) is 47.8 Å². The Morgan fingerprint density at radius 1 is 0.902 bits per heavy atom. The van der Waals surface area contributed by atoms with Gasteiger partial charge in [0.15, 0.2) is 27.7 Å². The van der Waals surface area contributed by atoms with Gasteiger partial charge in [0.05, 0.1) is 21.8 Å². The maximum atomic E-state index is 12.3. The second-order valence-electron chi connectivity index (χ2n) is 8.06. The molecule has 1 N–H and O–H groups in total. The van der Waals surface area contributed by atoms with Crippen LogP contribution in [0.3, 0.4) is 0 Å². The van der Waals surface area contributed by atoms with E-state index >= 15 is 0 Å². The van der Waals surface area contributed by atoms with E-state index in [0.29, 0.717) is 43.6 Å². The second kappa shape index (κ2) is 14.4. The molecule has 0 radical (unpaired) electrons. The van der Waals surface area contributed by atoms with E-state index in [1.54, 1.807) is 35.5 Å². The van der Waals surface area contributed by atoms with Gasteiger partial charge in [0.25, 0.3) is 5.91 Å². The number of carbonyl (C=O) groups is 1. The van der Waals surface area contributed by atoms with Crippen molar-refractivity contribution >= 4 is 94.8 Å². The lowest BCUT2D eigenvalue weighted by Gasteiger charge is -2.23. The molecule has 10 nitrogen and oxygen atoms in total. The van der Waals surface area contributed by atoms with E-state index in [9.17, 15) is 4.79 Å². The Kier molecular flexibility index (Phi) is 11.0. The fraction of sp³-hybridized carbons (Fsp3) is 0.154. The number of aromatic nitrogens is 4. The molecule has 212 valence electrons. The van der Waals surface area contributed by atoms with Crippen LogP contribution in [0.25, 0.3) is 0 Å². The number of hydrogen-bond acceptors (Lipinski definition) is 11. The van der Waals surface area contributed by atoms with Crippen LogP contribution in [0.15, 0.2) is 89.8 Å². The summed E-state index contributed by atoms with van der Waals surface area (Å²) in [5, 5.41) is 9.02. The van der Waals surface area contributed by atoms with Gasteiger partial charge in [0.2, 0.25) is 5.90 Å². The molecular formula is C26H23Br3N8O2S2. The van der Waals surface area contributed by atoms with Crippen LogP contribution >= 0.6 is 71.3 Å². The summed E-state index contributed by atoms with van der Waals surface area (Å²) in [6, 6.07) is 15.0. The molecule has 1 aliphatic rings. The van der Waals surface area contributed by atoms with E-state index in [2.05, 4.69) is 78.3 Å². The minimum Gasteiger partial charge on any atom is -0.431 e. The van der Waals surface area contributed by atoms with Gasteiger partial charge >= 0.3 is 0 Å². The molecule has 0 aliphatic carbocycles. The average Bonchev–Trinajstić information content (AvgIpc) is 2.98. The predicted molar refractivity (Wildman–Crippen MR) is 175 cm³/mol. The summed E-state index contributed by atoms with van der Waals surface area (Å²) in [7, 11) is 3.57. The highest BCUT2D eigenvalue weighted by Crippen LogP contribution is 2.32. The fourth-order valence-electron chi connectivity index (χ4n) is 3.39. The number of nitrogens with zero attached hydrogens (tertiary/aromatic N) is 7. The molecule has 0 atom stereocenters. The van der Waals surface area contributed by atoms with Gasteiger partial charge < -0.3 is 4.74 Å². The molecule has 1 aliphatic heterocycles. The van der Waals surface area contributed by atoms with E-state index in [1.165, 1.54) is 23.5 Å². The third-order valence-corrected chi connectivity index (χ3v) is 8.41. The lowest BCUT2D eigenvalue weighted by Crippen LogP contribution is -2.40. The van der Waals surface area contributed by atoms with Gasteiger partial charge in [-0.3, -0.25) is 15.2 Å². The number of carbonyl (C=O) groups excluding carboxylic acids is 1. The minimum atomic E-state index is -0.221. The SMILES string of the molecule is CSc1ncc(Br)c(N(C)NC(=O)c2ccccc2Br)n1.CSc1ncc2c(n1)N(C)N=C(c1ccccc1Br)O2. The van der Waals surface area contributed by atoms with Crippen molar-refractivity contribution in [2.45, 2.75) is 10.3 Å². The molecule has 0 fully saturated rings. The highest BCUT2D eigenvalue weighted by Gasteiger charge is 2.23. The Morgan fingerprint density at radius 3 is 2.22 bits per heavy atom. The highest BCUT2D eigenvalue weighted by molar-refractivity contribution is 9.11. The molecule has 41 heavy (non-hydrogen) atoms. The van der Waals surface area contributed by atoms with Crippen molar-refractivity contribution in [1.82, 2.24) is 25.4 Å². The van der Waals surface area contributed by atoms with E-state index < -0.39 is 0 Å². The number of hydrazone groups is 1. The Hall–Kier alpha value is -2.72. The normalized spacial score (nSPS) is 11.9. The Labute approximate surface area is 271 Å². The van der Waals surface area contributed by atoms with Crippen LogP contribution in [0, 0.1) is 0 Å². The summed E-state index contributed by atoms with van der Waals surface area (Å²) in [6.07, 6.45) is 7.17. The standard InChI is InChI=1S/C13H12Br2N4OS.C13H11BrN4OS/c1-19(11-10(15)7-16-13(17-11)21-2)18-12(20)8-5-3-4-6-9(8)14;1-18-11-10(7-15-13(16-11)20-2)19-12(17-18)8-5-3-4-6-9(8)14/h3-7H,1-2H3,(H,18,20);3-7H,1-2H3. The second-order valence-corrected chi connectivity index (χ2v) is 12.2. The van der Waals surface area contributed by atoms with Crippen LogP contribution in [0.4, 0.5) is 11.6 Å². The molecule has 3 heterocycles. The largest absolute Gasteiger partial charge is 0.431 e. The number of ether oxygens (including phenoxy) is 1. The number of rotatable bonds is 6. The fourth-order valence-corrected chi connectivity index (χ4v) is 5.43. The lowest BCUT2D eigenvalue weighted by molar-refractivity contribution is 0.0950. The summed E-state index contributed by atoms with van der Waals surface area (Å²) in [4.78, 5) is 29.4. The van der Waals surface area contributed by atoms with Crippen LogP contribution in [-0.4, -0.2) is 58.3 Å². The summed E-state index contributed by atoms with van der Waals surface area (Å²) in [6.45, 7) is 0. The van der Waals surface area contributed by atoms with Crippen LogP contribution in [0.1, 0.15) is 15.9 Å². The molecule has 2 aromatic carbocycles. The molecule has 0 unspecified atom stereocenters. The molecule has 0 saturated heterocycles. The first-order valence-corrected chi connectivity index (χ1v) is 16.6. The third kappa shape index (κ3) is 7.77. The van der Waals surface area contributed by atoms with E-state index in [-0.39, 0.29) is 5.91 Å². The van der Waals surface area contributed by atoms with Gasteiger partial charge in [0, 0.05) is 29.2 Å². The summed E-state index contributed by atoms with van der Waals surface area (Å²) < 4.78 is 8.18.